The Morgan fingerprint density at radius 1 is 0.569 bits per heavy atom. The quantitative estimate of drug-likeness (QED) is 0.0643. The number of carboxylic acid groups (broad SMARTS) is 1. The van der Waals surface area contributed by atoms with Crippen molar-refractivity contribution in [1.29, 1.82) is 0 Å². The van der Waals surface area contributed by atoms with Crippen molar-refractivity contribution in [3.8, 4) is 32.7 Å². The van der Waals surface area contributed by atoms with Gasteiger partial charge >= 0.3 is 5.97 Å². The molecule has 2 aliphatic carbocycles. The summed E-state index contributed by atoms with van der Waals surface area (Å²) in [6, 6.07) is 46.8. The molecule has 0 spiro atoms. The summed E-state index contributed by atoms with van der Waals surface area (Å²) < 4.78 is 1.40. The fourth-order valence-electron chi connectivity index (χ4n) is 12.4. The highest BCUT2D eigenvalue weighted by Crippen LogP contribution is 2.58. The second-order valence-corrected chi connectivity index (χ2v) is 21.7. The van der Waals surface area contributed by atoms with Crippen LogP contribution < -0.4 is 10.1 Å². The first-order valence-corrected chi connectivity index (χ1v) is 28.1. The van der Waals surface area contributed by atoms with Gasteiger partial charge in [-0.05, 0) is 143 Å². The zero-order chi connectivity index (χ0) is 49.8. The largest absolute Gasteiger partial charge is 0.475 e. The SMILES string of the molecule is CCCCCCc1nn2c(C(=O)O)nnc2c1=Cc1ccc(-c2ccc(N(c3ccc4c(c3)C(CCCC)(CCCC)c3ccccc3-4)c3ccc4c(c3)C(CCCC)(CCCC)c3ccccc3-4)cc2)s1. The summed E-state index contributed by atoms with van der Waals surface area (Å²) in [4.78, 5) is 16.8. The molecular weight excluding hydrogens is 903 g/mol. The summed E-state index contributed by atoms with van der Waals surface area (Å²) in [5.74, 6) is -1.29. The number of benzene rings is 5. The van der Waals surface area contributed by atoms with Crippen molar-refractivity contribution in [3.63, 3.8) is 0 Å². The summed E-state index contributed by atoms with van der Waals surface area (Å²) >= 11 is 1.72. The molecule has 0 amide bonds. The predicted octanol–water partition coefficient (Wildman–Crippen LogP) is 17.0. The van der Waals surface area contributed by atoms with Crippen LogP contribution in [0.25, 0.3) is 44.4 Å². The van der Waals surface area contributed by atoms with Gasteiger partial charge in [-0.3, -0.25) is 0 Å². The van der Waals surface area contributed by atoms with E-state index >= 15 is 0 Å². The molecule has 0 fully saturated rings. The number of hydrogen-bond acceptors (Lipinski definition) is 6. The van der Waals surface area contributed by atoms with E-state index in [1.165, 1.54) is 112 Å². The third kappa shape index (κ3) is 8.88. The van der Waals surface area contributed by atoms with E-state index in [0.29, 0.717) is 5.65 Å². The molecule has 0 bridgehead atoms. The fourth-order valence-corrected chi connectivity index (χ4v) is 13.3. The van der Waals surface area contributed by atoms with Crippen LogP contribution in [0.4, 0.5) is 17.1 Å². The lowest BCUT2D eigenvalue weighted by molar-refractivity contribution is 0.0680. The number of aromatic carboxylic acids is 1. The van der Waals surface area contributed by atoms with Crippen LogP contribution in [0.5, 0.6) is 0 Å². The summed E-state index contributed by atoms with van der Waals surface area (Å²) in [7, 11) is 0. The van der Waals surface area contributed by atoms with Crippen molar-refractivity contribution in [3.05, 3.63) is 165 Å². The number of carboxylic acids is 1. The molecule has 0 saturated carbocycles. The molecule has 0 aliphatic heterocycles. The van der Waals surface area contributed by atoms with Gasteiger partial charge in [-0.1, -0.05) is 178 Å². The van der Waals surface area contributed by atoms with Crippen LogP contribution in [0.3, 0.4) is 0 Å². The summed E-state index contributed by atoms with van der Waals surface area (Å²) in [5, 5.41) is 23.7. The molecule has 8 heteroatoms. The molecule has 0 atom stereocenters. The molecule has 0 unspecified atom stereocenters. The molecule has 72 heavy (non-hydrogen) atoms. The van der Waals surface area contributed by atoms with Gasteiger partial charge in [0, 0.05) is 42.9 Å². The van der Waals surface area contributed by atoms with Crippen molar-refractivity contribution in [2.45, 2.75) is 155 Å². The minimum atomic E-state index is -1.13. The minimum absolute atomic E-state index is 0.0287. The second kappa shape index (κ2) is 21.4. The second-order valence-electron chi connectivity index (χ2n) is 20.6. The third-order valence-corrected chi connectivity index (χ3v) is 17.1. The van der Waals surface area contributed by atoms with Crippen LogP contribution in [0, 0.1) is 0 Å². The Bertz CT molecular complexity index is 3120. The predicted molar refractivity (Wildman–Crippen MR) is 299 cm³/mol. The molecule has 3 aromatic heterocycles. The summed E-state index contributed by atoms with van der Waals surface area (Å²) in [5.41, 5.74) is 17.5. The van der Waals surface area contributed by atoms with Gasteiger partial charge < -0.3 is 10.0 Å². The Morgan fingerprint density at radius 2 is 1.08 bits per heavy atom. The number of fused-ring (bicyclic) bond motifs is 7. The molecule has 3 heterocycles. The van der Waals surface area contributed by atoms with E-state index in [2.05, 4.69) is 177 Å². The number of aryl methyl sites for hydroxylation is 1. The highest BCUT2D eigenvalue weighted by atomic mass is 32.1. The maximum Gasteiger partial charge on any atom is 0.375 e. The Morgan fingerprint density at radius 3 is 1.61 bits per heavy atom. The standard InChI is InChI=1S/C64H71N5O2S/c1-6-11-16-17-26-58-53(60-65-66-61(62(70)71)69(60)67-58)43-48-33-36-59(72-48)44-27-29-45(30-28-44)68(46-31-34-51-49-22-18-20-24-54(49)63(37-12-7-2,38-13-8-3)56(51)41-46)47-32-35-52-50-23-19-21-25-55(50)64(39-14-9-4,40-15-10-5)57(52)42-47/h18-25,27-36,41-43H,6-17,26,37-40H2,1-5H3,(H,70,71). The zero-order valence-corrected chi connectivity index (χ0v) is 44.0. The van der Waals surface area contributed by atoms with Crippen LogP contribution in [0.2, 0.25) is 0 Å². The highest BCUT2D eigenvalue weighted by molar-refractivity contribution is 7.16. The van der Waals surface area contributed by atoms with Crippen LogP contribution in [-0.4, -0.2) is 30.9 Å². The Labute approximate surface area is 431 Å². The first-order chi connectivity index (χ1) is 35.3. The maximum atomic E-state index is 12.0. The number of aromatic nitrogens is 4. The van der Waals surface area contributed by atoms with Crippen LogP contribution in [-0.2, 0) is 17.3 Å². The van der Waals surface area contributed by atoms with Crippen molar-refractivity contribution >= 4 is 46.1 Å². The van der Waals surface area contributed by atoms with Crippen molar-refractivity contribution in [2.75, 3.05) is 4.90 Å². The van der Waals surface area contributed by atoms with Gasteiger partial charge in [-0.25, -0.2) is 4.79 Å². The van der Waals surface area contributed by atoms with Crippen molar-refractivity contribution in [1.82, 2.24) is 19.8 Å². The average Bonchev–Trinajstić information content (AvgIpc) is 4.23. The van der Waals surface area contributed by atoms with Gasteiger partial charge in [0.15, 0.2) is 5.65 Å². The molecular formula is C64H71N5O2S. The molecule has 370 valence electrons. The fraction of sp³-hybridized carbons (Fsp3) is 0.375. The molecule has 7 nitrogen and oxygen atoms in total. The molecule has 2 aliphatic rings. The Balaban J connectivity index is 1.09. The highest BCUT2D eigenvalue weighted by Gasteiger charge is 2.44. The third-order valence-electron chi connectivity index (χ3n) is 16.0. The van der Waals surface area contributed by atoms with E-state index in [-0.39, 0.29) is 16.7 Å². The molecule has 0 radical (unpaired) electrons. The van der Waals surface area contributed by atoms with Crippen molar-refractivity contribution < 1.29 is 9.90 Å². The summed E-state index contributed by atoms with van der Waals surface area (Å²) in [6.45, 7) is 11.5. The van der Waals surface area contributed by atoms with E-state index < -0.39 is 5.97 Å². The van der Waals surface area contributed by atoms with Crippen LogP contribution in [0.15, 0.2) is 121 Å². The number of nitrogens with zero attached hydrogens (tertiary/aromatic N) is 5. The molecule has 5 aromatic carbocycles. The minimum Gasteiger partial charge on any atom is -0.475 e. The van der Waals surface area contributed by atoms with E-state index in [9.17, 15) is 9.90 Å². The van der Waals surface area contributed by atoms with Crippen molar-refractivity contribution in [2.24, 2.45) is 0 Å². The number of anilines is 3. The van der Waals surface area contributed by atoms with Gasteiger partial charge in [0.25, 0.3) is 5.82 Å². The average molecular weight is 974 g/mol. The number of unbranched alkanes of at least 4 members (excludes halogenated alkanes) is 7. The van der Waals surface area contributed by atoms with E-state index in [1.807, 2.05) is 0 Å². The van der Waals surface area contributed by atoms with Gasteiger partial charge in [-0.2, -0.15) is 9.61 Å². The number of hydrogen-bond donors (Lipinski definition) is 1. The van der Waals surface area contributed by atoms with Gasteiger partial charge in [0.2, 0.25) is 0 Å². The zero-order valence-electron chi connectivity index (χ0n) is 43.1. The molecule has 1 N–H and O–H groups in total. The van der Waals surface area contributed by atoms with E-state index in [1.54, 1.807) is 11.3 Å². The van der Waals surface area contributed by atoms with E-state index in [0.717, 1.165) is 89.7 Å². The molecule has 10 rings (SSSR count). The number of carbonyl (C=O) groups is 1. The smallest absolute Gasteiger partial charge is 0.375 e. The lowest BCUT2D eigenvalue weighted by atomic mass is 9.70. The lowest BCUT2D eigenvalue weighted by Crippen LogP contribution is -2.26. The van der Waals surface area contributed by atoms with Crippen LogP contribution >= 0.6 is 11.3 Å². The number of thiophene rings is 1. The van der Waals surface area contributed by atoms with Gasteiger partial charge in [0.1, 0.15) is 0 Å². The normalized spacial score (nSPS) is 14.2. The molecule has 0 saturated heterocycles. The monoisotopic (exact) mass is 974 g/mol. The topological polar surface area (TPSA) is 83.6 Å². The van der Waals surface area contributed by atoms with E-state index in [4.69, 9.17) is 5.10 Å². The first kappa shape index (κ1) is 49.2. The van der Waals surface area contributed by atoms with Crippen LogP contribution in [0.1, 0.15) is 181 Å². The molecule has 8 aromatic rings. The summed E-state index contributed by atoms with van der Waals surface area (Å²) in [6.07, 6.45) is 21.3. The first-order valence-electron chi connectivity index (χ1n) is 27.3. The Kier molecular flexibility index (Phi) is 14.6. The van der Waals surface area contributed by atoms with Gasteiger partial charge in [-0.15, -0.1) is 21.5 Å². The lowest BCUT2D eigenvalue weighted by Gasteiger charge is -2.35. The van der Waals surface area contributed by atoms with Gasteiger partial charge in [0.05, 0.1) is 5.69 Å². The number of rotatable bonds is 23. The maximum absolute atomic E-state index is 12.0. The Hall–Kier alpha value is -6.38.